The van der Waals surface area contributed by atoms with Gasteiger partial charge >= 0.3 is 6.18 Å². The summed E-state index contributed by atoms with van der Waals surface area (Å²) in [6.07, 6.45) is -4.55. The van der Waals surface area contributed by atoms with Gasteiger partial charge in [0.05, 0.1) is 11.2 Å². The smallest absolute Gasteiger partial charge is 0.353 e. The Hall–Kier alpha value is -1.90. The molecular weight excluding hydrogens is 461 g/mol. The van der Waals surface area contributed by atoms with Crippen LogP contribution in [-0.4, -0.2) is 79.2 Å². The second-order valence-corrected chi connectivity index (χ2v) is 10.1. The number of rotatable bonds is 9. The van der Waals surface area contributed by atoms with Crippen LogP contribution in [0.5, 0.6) is 0 Å². The van der Waals surface area contributed by atoms with E-state index in [9.17, 15) is 21.6 Å². The summed E-state index contributed by atoms with van der Waals surface area (Å²) in [5.41, 5.74) is -1.50. The van der Waals surface area contributed by atoms with Gasteiger partial charge in [-0.05, 0) is 19.9 Å². The van der Waals surface area contributed by atoms with Gasteiger partial charge in [-0.2, -0.15) is 32.8 Å². The molecule has 0 spiro atoms. The quantitative estimate of drug-likeness (QED) is 0.482. The molecule has 10 nitrogen and oxygen atoms in total. The molecule has 0 unspecified atom stereocenters. The van der Waals surface area contributed by atoms with E-state index in [0.717, 1.165) is 0 Å². The van der Waals surface area contributed by atoms with Gasteiger partial charge in [0.15, 0.2) is 10.8 Å². The number of nitrogens with zero attached hydrogens (tertiary/aromatic N) is 5. The van der Waals surface area contributed by atoms with Crippen LogP contribution in [-0.2, 0) is 10.0 Å². The highest BCUT2D eigenvalue weighted by Crippen LogP contribution is 2.57. The van der Waals surface area contributed by atoms with Crippen LogP contribution in [0.4, 0.5) is 25.1 Å². The molecule has 0 bridgehead atoms. The Balaban J connectivity index is 1.40. The molecule has 0 amide bonds. The Morgan fingerprint density at radius 3 is 2.61 bits per heavy atom. The van der Waals surface area contributed by atoms with E-state index in [-0.39, 0.29) is 30.5 Å². The summed E-state index contributed by atoms with van der Waals surface area (Å²) >= 11 is 5.96. The van der Waals surface area contributed by atoms with E-state index in [1.54, 1.807) is 6.07 Å². The van der Waals surface area contributed by atoms with Gasteiger partial charge in [-0.15, -0.1) is 0 Å². The van der Waals surface area contributed by atoms with Crippen molar-refractivity contribution in [2.75, 3.05) is 49.2 Å². The summed E-state index contributed by atoms with van der Waals surface area (Å²) in [5, 5.41) is 10.3. The molecule has 15 heteroatoms. The minimum atomic E-state index is -4.42. The van der Waals surface area contributed by atoms with Crippen LogP contribution in [0.15, 0.2) is 6.07 Å². The average molecular weight is 483 g/mol. The van der Waals surface area contributed by atoms with Gasteiger partial charge < -0.3 is 15.5 Å². The lowest BCUT2D eigenvalue weighted by Gasteiger charge is -2.39. The highest BCUT2D eigenvalue weighted by molar-refractivity contribution is 7.89. The Morgan fingerprint density at radius 2 is 2.00 bits per heavy atom. The highest BCUT2D eigenvalue weighted by Gasteiger charge is 2.63. The Bertz CT molecular complexity index is 1070. The normalized spacial score (nSPS) is 18.9. The summed E-state index contributed by atoms with van der Waals surface area (Å²) in [6, 6.07) is 1.88. The maximum Gasteiger partial charge on any atom is 0.395 e. The zero-order chi connectivity index (χ0) is 22.4. The van der Waals surface area contributed by atoms with Gasteiger partial charge in [0.1, 0.15) is 0 Å². The molecular formula is C16H22ClF3N8O2S. The van der Waals surface area contributed by atoms with E-state index in [4.69, 9.17) is 11.6 Å². The zero-order valence-corrected chi connectivity index (χ0v) is 18.1. The summed E-state index contributed by atoms with van der Waals surface area (Å²) in [7, 11) is -2.05. The van der Waals surface area contributed by atoms with Gasteiger partial charge in [0.25, 0.3) is 0 Å². The van der Waals surface area contributed by atoms with Crippen LogP contribution >= 0.6 is 11.6 Å². The maximum atomic E-state index is 13.0. The number of hydrogen-bond acceptors (Lipinski definition) is 8. The largest absolute Gasteiger partial charge is 0.395 e. The summed E-state index contributed by atoms with van der Waals surface area (Å²) < 4.78 is 66.8. The molecule has 0 radical (unpaired) electrons. The maximum absolute atomic E-state index is 13.0. The predicted octanol–water partition coefficient (Wildman–Crippen LogP) is 0.859. The summed E-state index contributed by atoms with van der Waals surface area (Å²) in [6.45, 7) is 0.702. The van der Waals surface area contributed by atoms with Crippen LogP contribution in [0.25, 0.3) is 5.65 Å². The SMILES string of the molecule is CNC1CN(c2nc(NCCS(=O)(=O)NCC3(C(F)(F)F)CC3)n3nc(Cl)cc3n2)C1. The molecule has 2 fully saturated rings. The third-order valence-corrected chi connectivity index (χ3v) is 7.10. The first-order chi connectivity index (χ1) is 14.5. The van der Waals surface area contributed by atoms with Crippen molar-refractivity contribution in [3.05, 3.63) is 11.2 Å². The van der Waals surface area contributed by atoms with E-state index in [0.29, 0.717) is 30.7 Å². The van der Waals surface area contributed by atoms with E-state index < -0.39 is 33.9 Å². The van der Waals surface area contributed by atoms with E-state index >= 15 is 0 Å². The Labute approximate surface area is 181 Å². The first-order valence-corrected chi connectivity index (χ1v) is 11.7. The standard InChI is InChI=1S/C16H22ClF3N8O2S/c1-21-10-7-27(8-10)14-24-12-6-11(17)26-28(12)13(25-14)22-4-5-31(29,30)23-9-15(2-3-15)16(18,19)20/h6,10,21,23H,2-5,7-9H2,1H3,(H,22,24,25). The third-order valence-electron chi connectivity index (χ3n) is 5.59. The van der Waals surface area contributed by atoms with Crippen molar-refractivity contribution >= 4 is 39.2 Å². The average Bonchev–Trinajstić information content (AvgIpc) is 3.35. The predicted molar refractivity (Wildman–Crippen MR) is 109 cm³/mol. The number of fused-ring (bicyclic) bond motifs is 1. The molecule has 2 aromatic heterocycles. The molecule has 1 aliphatic carbocycles. The first kappa shape index (κ1) is 22.3. The van der Waals surface area contributed by atoms with Crippen molar-refractivity contribution in [2.24, 2.45) is 5.41 Å². The second kappa shape index (κ2) is 7.90. The van der Waals surface area contributed by atoms with E-state index in [1.807, 2.05) is 11.9 Å². The molecule has 3 heterocycles. The minimum absolute atomic E-state index is 0.0655. The summed E-state index contributed by atoms with van der Waals surface area (Å²) in [5.74, 6) is 0.256. The van der Waals surface area contributed by atoms with Gasteiger partial charge in [-0.1, -0.05) is 11.6 Å². The number of hydrogen-bond donors (Lipinski definition) is 3. The van der Waals surface area contributed by atoms with E-state index in [2.05, 4.69) is 30.4 Å². The van der Waals surface area contributed by atoms with Crippen LogP contribution in [0.1, 0.15) is 12.8 Å². The molecule has 31 heavy (non-hydrogen) atoms. The molecule has 172 valence electrons. The molecule has 1 saturated carbocycles. The molecule has 2 aliphatic rings. The van der Waals surface area contributed by atoms with Gasteiger partial charge in [-0.3, -0.25) is 0 Å². The van der Waals surface area contributed by atoms with Crippen LogP contribution in [0, 0.1) is 5.41 Å². The zero-order valence-electron chi connectivity index (χ0n) is 16.6. The lowest BCUT2D eigenvalue weighted by Crippen LogP contribution is -2.57. The van der Waals surface area contributed by atoms with Crippen LogP contribution in [0.2, 0.25) is 5.15 Å². The minimum Gasteiger partial charge on any atom is -0.353 e. The molecule has 1 aliphatic heterocycles. The highest BCUT2D eigenvalue weighted by atomic mass is 35.5. The Morgan fingerprint density at radius 1 is 1.29 bits per heavy atom. The molecule has 0 atom stereocenters. The van der Waals surface area contributed by atoms with Gasteiger partial charge in [0, 0.05) is 38.3 Å². The molecule has 2 aromatic rings. The van der Waals surface area contributed by atoms with Crippen molar-refractivity contribution in [3.63, 3.8) is 0 Å². The summed E-state index contributed by atoms with van der Waals surface area (Å²) in [4.78, 5) is 10.8. The van der Waals surface area contributed by atoms with Crippen LogP contribution in [0.3, 0.4) is 0 Å². The Kier molecular flexibility index (Phi) is 5.69. The lowest BCUT2D eigenvalue weighted by molar-refractivity contribution is -0.184. The number of likely N-dealkylation sites (N-methyl/N-ethyl adjacent to an activating group) is 1. The van der Waals surface area contributed by atoms with Gasteiger partial charge in [-0.25, -0.2) is 13.1 Å². The third kappa shape index (κ3) is 4.66. The van der Waals surface area contributed by atoms with Crippen molar-refractivity contribution < 1.29 is 21.6 Å². The molecule has 3 N–H and O–H groups in total. The number of alkyl halides is 3. The number of halogens is 4. The number of nitrogens with one attached hydrogen (secondary N) is 3. The monoisotopic (exact) mass is 482 g/mol. The van der Waals surface area contributed by atoms with Crippen molar-refractivity contribution in [2.45, 2.75) is 25.1 Å². The fraction of sp³-hybridized carbons (Fsp3) is 0.688. The first-order valence-electron chi connectivity index (χ1n) is 9.65. The number of aromatic nitrogens is 4. The number of anilines is 2. The topological polar surface area (TPSA) is 117 Å². The van der Waals surface area contributed by atoms with Crippen molar-refractivity contribution in [1.82, 2.24) is 29.6 Å². The van der Waals surface area contributed by atoms with Crippen molar-refractivity contribution in [3.8, 4) is 0 Å². The second-order valence-electron chi connectivity index (χ2n) is 7.82. The fourth-order valence-electron chi connectivity index (χ4n) is 3.26. The number of sulfonamides is 1. The molecule has 4 rings (SSSR count). The van der Waals surface area contributed by atoms with Crippen LogP contribution < -0.4 is 20.3 Å². The van der Waals surface area contributed by atoms with Crippen molar-refractivity contribution in [1.29, 1.82) is 0 Å². The lowest BCUT2D eigenvalue weighted by atomic mass is 10.1. The fourth-order valence-corrected chi connectivity index (χ4v) is 4.44. The van der Waals surface area contributed by atoms with Gasteiger partial charge in [0.2, 0.25) is 21.9 Å². The molecule has 1 saturated heterocycles. The molecule has 0 aromatic carbocycles. The van der Waals surface area contributed by atoms with E-state index in [1.165, 1.54) is 4.52 Å².